The zero-order valence-corrected chi connectivity index (χ0v) is 18.8. The summed E-state index contributed by atoms with van der Waals surface area (Å²) in [7, 11) is 2.04. The van der Waals surface area contributed by atoms with E-state index in [4.69, 9.17) is 0 Å². The molecule has 0 radical (unpaired) electrons. The molecule has 9 nitrogen and oxygen atoms in total. The highest BCUT2D eigenvalue weighted by Crippen LogP contribution is 2.30. The smallest absolute Gasteiger partial charge is 0.301 e. The molecular weight excluding hydrogens is 434 g/mol. The number of nitro groups is 2. The molecule has 4 rings (SSSR count). The molecule has 1 N–H and O–H groups in total. The minimum absolute atomic E-state index is 0.0883. The monoisotopic (exact) mass is 457 g/mol. The van der Waals surface area contributed by atoms with Crippen molar-refractivity contribution in [2.45, 2.75) is 19.8 Å². The van der Waals surface area contributed by atoms with E-state index >= 15 is 0 Å². The van der Waals surface area contributed by atoms with Crippen molar-refractivity contribution < 1.29 is 9.85 Å². The van der Waals surface area contributed by atoms with Gasteiger partial charge in [0.25, 0.3) is 5.69 Å². The number of hydrogen-bond acceptors (Lipinski definition) is 6. The summed E-state index contributed by atoms with van der Waals surface area (Å²) in [5, 5.41) is 28.2. The molecule has 0 saturated heterocycles. The average molecular weight is 457 g/mol. The van der Waals surface area contributed by atoms with Gasteiger partial charge in [0.15, 0.2) is 0 Å². The van der Waals surface area contributed by atoms with Gasteiger partial charge in [-0.2, -0.15) is 5.10 Å². The summed E-state index contributed by atoms with van der Waals surface area (Å²) < 4.78 is 2.17. The molecule has 34 heavy (non-hydrogen) atoms. The van der Waals surface area contributed by atoms with Crippen molar-refractivity contribution in [1.29, 1.82) is 0 Å². The van der Waals surface area contributed by atoms with Crippen LogP contribution in [0.2, 0.25) is 0 Å². The number of nitro benzene ring substituents is 2. The highest BCUT2D eigenvalue weighted by Gasteiger charge is 2.20. The Kier molecular flexibility index (Phi) is 6.35. The van der Waals surface area contributed by atoms with E-state index in [2.05, 4.69) is 34.2 Å². The Labute approximate surface area is 195 Å². The number of hydrogen-bond donors (Lipinski definition) is 1. The fourth-order valence-electron chi connectivity index (χ4n) is 4.06. The molecule has 0 aliphatic heterocycles. The predicted octanol–water partition coefficient (Wildman–Crippen LogP) is 5.75. The quantitative estimate of drug-likeness (QED) is 0.205. The average Bonchev–Trinajstić information content (AvgIpc) is 3.09. The van der Waals surface area contributed by atoms with Crippen LogP contribution in [0, 0.1) is 27.2 Å². The molecule has 0 unspecified atom stereocenters. The van der Waals surface area contributed by atoms with Gasteiger partial charge >= 0.3 is 5.69 Å². The number of aryl methyl sites for hydroxylation is 2. The number of rotatable bonds is 8. The Morgan fingerprint density at radius 2 is 1.68 bits per heavy atom. The maximum atomic E-state index is 11.5. The summed E-state index contributed by atoms with van der Waals surface area (Å²) in [6.45, 7) is 2.09. The number of fused-ring (bicyclic) bond motifs is 1. The van der Waals surface area contributed by atoms with Gasteiger partial charge in [0, 0.05) is 29.7 Å². The van der Waals surface area contributed by atoms with E-state index in [1.807, 2.05) is 49.5 Å². The van der Waals surface area contributed by atoms with Crippen LogP contribution < -0.4 is 5.43 Å². The SMILES string of the molecule is Cc1c(CC/C(=N/Nc2ccc([N+](=O)[O-])cc2[N+](=O)[O-])c2ccccc2)c2ccccc2n1C. The molecule has 0 atom stereocenters. The second kappa shape index (κ2) is 9.53. The summed E-state index contributed by atoms with van der Waals surface area (Å²) in [4.78, 5) is 21.2. The largest absolute Gasteiger partial charge is 0.348 e. The van der Waals surface area contributed by atoms with Gasteiger partial charge in [0.1, 0.15) is 5.69 Å². The van der Waals surface area contributed by atoms with Gasteiger partial charge < -0.3 is 4.57 Å². The van der Waals surface area contributed by atoms with Crippen LogP contribution in [0.5, 0.6) is 0 Å². The lowest BCUT2D eigenvalue weighted by atomic mass is 10.00. The van der Waals surface area contributed by atoms with Crippen LogP contribution >= 0.6 is 0 Å². The van der Waals surface area contributed by atoms with Crippen LogP contribution in [0.1, 0.15) is 23.2 Å². The molecule has 0 saturated carbocycles. The lowest BCUT2D eigenvalue weighted by Gasteiger charge is -2.09. The molecule has 172 valence electrons. The van der Waals surface area contributed by atoms with Crippen LogP contribution in [0.25, 0.3) is 10.9 Å². The molecule has 0 amide bonds. The number of aromatic nitrogens is 1. The van der Waals surface area contributed by atoms with Gasteiger partial charge in [-0.05, 0) is 43.0 Å². The number of para-hydroxylation sites is 1. The minimum atomic E-state index is -0.665. The lowest BCUT2D eigenvalue weighted by molar-refractivity contribution is -0.393. The van der Waals surface area contributed by atoms with E-state index in [1.165, 1.54) is 28.8 Å². The minimum Gasteiger partial charge on any atom is -0.348 e. The first-order valence-electron chi connectivity index (χ1n) is 10.7. The molecule has 0 fully saturated rings. The van der Waals surface area contributed by atoms with E-state index in [-0.39, 0.29) is 11.4 Å². The third-order valence-corrected chi connectivity index (χ3v) is 5.95. The molecule has 0 aliphatic carbocycles. The summed E-state index contributed by atoms with van der Waals surface area (Å²) in [5.41, 5.74) is 7.27. The number of non-ortho nitro benzene ring substituents is 1. The molecule has 0 spiro atoms. The Hall–Kier alpha value is -4.53. The van der Waals surface area contributed by atoms with E-state index in [9.17, 15) is 20.2 Å². The van der Waals surface area contributed by atoms with E-state index < -0.39 is 15.5 Å². The number of hydrazone groups is 1. The van der Waals surface area contributed by atoms with Crippen LogP contribution in [-0.4, -0.2) is 20.1 Å². The van der Waals surface area contributed by atoms with E-state index in [0.29, 0.717) is 6.42 Å². The summed E-state index contributed by atoms with van der Waals surface area (Å²) in [6, 6.07) is 21.3. The maximum absolute atomic E-state index is 11.5. The zero-order chi connectivity index (χ0) is 24.2. The fourth-order valence-corrected chi connectivity index (χ4v) is 4.06. The molecule has 1 aromatic heterocycles. The Bertz CT molecular complexity index is 1410. The third-order valence-electron chi connectivity index (χ3n) is 5.95. The third kappa shape index (κ3) is 4.49. The number of nitrogens with zero attached hydrogens (tertiary/aromatic N) is 4. The van der Waals surface area contributed by atoms with Gasteiger partial charge in [-0.3, -0.25) is 25.7 Å². The van der Waals surface area contributed by atoms with Crippen LogP contribution in [0.3, 0.4) is 0 Å². The van der Waals surface area contributed by atoms with Gasteiger partial charge in [0.2, 0.25) is 0 Å². The van der Waals surface area contributed by atoms with Crippen molar-refractivity contribution in [3.63, 3.8) is 0 Å². The first-order chi connectivity index (χ1) is 16.4. The van der Waals surface area contributed by atoms with Crippen molar-refractivity contribution >= 4 is 33.7 Å². The summed E-state index contributed by atoms with van der Waals surface area (Å²) >= 11 is 0. The van der Waals surface area contributed by atoms with Crippen LogP contribution in [0.15, 0.2) is 77.9 Å². The van der Waals surface area contributed by atoms with Crippen molar-refractivity contribution in [3.8, 4) is 0 Å². The topological polar surface area (TPSA) is 116 Å². The number of nitrogens with one attached hydrogen (secondary N) is 1. The van der Waals surface area contributed by atoms with Gasteiger partial charge in [-0.15, -0.1) is 0 Å². The second-order valence-corrected chi connectivity index (χ2v) is 7.89. The molecular formula is C25H23N5O4. The normalized spacial score (nSPS) is 11.5. The van der Waals surface area contributed by atoms with E-state index in [1.54, 1.807) is 0 Å². The summed E-state index contributed by atoms with van der Waals surface area (Å²) in [6.07, 6.45) is 1.32. The first kappa shape index (κ1) is 22.7. The van der Waals surface area contributed by atoms with Crippen molar-refractivity contribution in [2.75, 3.05) is 5.43 Å². The Morgan fingerprint density at radius 1 is 0.971 bits per heavy atom. The van der Waals surface area contributed by atoms with Crippen molar-refractivity contribution in [3.05, 3.63) is 110 Å². The molecule has 9 heteroatoms. The number of benzene rings is 3. The highest BCUT2D eigenvalue weighted by molar-refractivity contribution is 6.01. The molecule has 0 aliphatic rings. The van der Waals surface area contributed by atoms with Gasteiger partial charge in [0.05, 0.1) is 21.6 Å². The fraction of sp³-hybridized carbons (Fsp3) is 0.160. The standard InChI is InChI=1S/C25H23N5O4/c1-17-20(21-10-6-7-11-24(21)28(17)2)13-15-22(18-8-4-3-5-9-18)26-27-23-14-12-19(29(31)32)16-25(23)30(33)34/h3-12,14,16,27H,13,15H2,1-2H3/b26-22-. The molecule has 1 heterocycles. The maximum Gasteiger partial charge on any atom is 0.301 e. The van der Waals surface area contributed by atoms with E-state index in [0.717, 1.165) is 29.3 Å². The van der Waals surface area contributed by atoms with Crippen molar-refractivity contribution in [2.24, 2.45) is 12.1 Å². The van der Waals surface area contributed by atoms with Crippen LogP contribution in [-0.2, 0) is 13.5 Å². The first-order valence-corrected chi connectivity index (χ1v) is 10.7. The van der Waals surface area contributed by atoms with Crippen LogP contribution in [0.4, 0.5) is 17.1 Å². The lowest BCUT2D eigenvalue weighted by Crippen LogP contribution is -2.08. The highest BCUT2D eigenvalue weighted by atomic mass is 16.6. The molecule has 0 bridgehead atoms. The zero-order valence-electron chi connectivity index (χ0n) is 18.8. The molecule has 4 aromatic rings. The second-order valence-electron chi connectivity index (χ2n) is 7.89. The number of anilines is 1. The Balaban J connectivity index is 1.67. The van der Waals surface area contributed by atoms with Crippen molar-refractivity contribution in [1.82, 2.24) is 4.57 Å². The summed E-state index contributed by atoms with van der Waals surface area (Å²) in [5.74, 6) is 0. The molecule has 3 aromatic carbocycles. The van der Waals surface area contributed by atoms with Gasteiger partial charge in [-0.25, -0.2) is 0 Å². The predicted molar refractivity (Wildman–Crippen MR) is 132 cm³/mol. The van der Waals surface area contributed by atoms with Gasteiger partial charge in [-0.1, -0.05) is 48.5 Å². The Morgan fingerprint density at radius 3 is 2.38 bits per heavy atom.